The smallest absolute Gasteiger partial charge is 0.221 e. The summed E-state index contributed by atoms with van der Waals surface area (Å²) in [5.74, 6) is 0.457. The number of nitrogens with one attached hydrogen (secondary N) is 1. The molecule has 3 rings (SSSR count). The van der Waals surface area contributed by atoms with Crippen molar-refractivity contribution in [3.63, 3.8) is 0 Å². The van der Waals surface area contributed by atoms with Gasteiger partial charge < -0.3 is 10.1 Å². The van der Waals surface area contributed by atoms with Crippen molar-refractivity contribution in [2.75, 3.05) is 13.2 Å². The number of hydrogen-bond acceptors (Lipinski definition) is 2. The minimum absolute atomic E-state index is 0.0843. The van der Waals surface area contributed by atoms with Crippen LogP contribution >= 0.6 is 0 Å². The fourth-order valence-corrected chi connectivity index (χ4v) is 2.53. The van der Waals surface area contributed by atoms with Crippen molar-refractivity contribution in [3.05, 3.63) is 71.8 Å². The van der Waals surface area contributed by atoms with Crippen LogP contribution in [0.2, 0.25) is 0 Å². The van der Waals surface area contributed by atoms with Gasteiger partial charge in [0.25, 0.3) is 0 Å². The fraction of sp³-hybridized carbons (Fsp3) is 0.278. The monoisotopic (exact) mass is 281 g/mol. The van der Waals surface area contributed by atoms with Crippen molar-refractivity contribution in [2.45, 2.75) is 12.5 Å². The first kappa shape index (κ1) is 13.8. The second-order valence-electron chi connectivity index (χ2n) is 5.43. The maximum absolute atomic E-state index is 12.2. The molecule has 1 aliphatic rings. The summed E-state index contributed by atoms with van der Waals surface area (Å²) in [6.45, 7) is 1.41. The molecular formula is C18H19NO2. The highest BCUT2D eigenvalue weighted by atomic mass is 16.5. The van der Waals surface area contributed by atoms with Crippen LogP contribution < -0.4 is 5.32 Å². The Bertz CT molecular complexity index is 539. The molecule has 1 heterocycles. The third kappa shape index (κ3) is 3.50. The summed E-state index contributed by atoms with van der Waals surface area (Å²) in [5.41, 5.74) is 2.20. The molecule has 2 aromatic carbocycles. The first-order valence-electron chi connectivity index (χ1n) is 7.30. The van der Waals surface area contributed by atoms with E-state index in [0.29, 0.717) is 25.6 Å². The molecule has 1 saturated heterocycles. The minimum Gasteiger partial charge on any atom is -0.381 e. The molecule has 1 aliphatic heterocycles. The SMILES string of the molecule is O=C(CC1COC1)NC(c1ccccc1)c1ccccc1. The molecule has 0 radical (unpaired) electrons. The first-order chi connectivity index (χ1) is 10.3. The van der Waals surface area contributed by atoms with Gasteiger partial charge in [0.05, 0.1) is 19.3 Å². The molecule has 2 aromatic rings. The lowest BCUT2D eigenvalue weighted by molar-refractivity contribution is -0.127. The number of hydrogen-bond donors (Lipinski definition) is 1. The van der Waals surface area contributed by atoms with E-state index >= 15 is 0 Å². The van der Waals surface area contributed by atoms with Gasteiger partial charge in [0.1, 0.15) is 0 Å². The highest BCUT2D eigenvalue weighted by molar-refractivity contribution is 5.77. The van der Waals surface area contributed by atoms with Crippen molar-refractivity contribution < 1.29 is 9.53 Å². The van der Waals surface area contributed by atoms with Gasteiger partial charge in [-0.15, -0.1) is 0 Å². The topological polar surface area (TPSA) is 38.3 Å². The first-order valence-corrected chi connectivity index (χ1v) is 7.30. The van der Waals surface area contributed by atoms with E-state index in [-0.39, 0.29) is 11.9 Å². The Morgan fingerprint density at radius 2 is 1.52 bits per heavy atom. The second-order valence-corrected chi connectivity index (χ2v) is 5.43. The zero-order chi connectivity index (χ0) is 14.5. The Labute approximate surface area is 124 Å². The molecule has 3 heteroatoms. The Balaban J connectivity index is 1.77. The van der Waals surface area contributed by atoms with Gasteiger partial charge in [0, 0.05) is 12.3 Å². The molecule has 0 atom stereocenters. The molecule has 21 heavy (non-hydrogen) atoms. The number of carbonyl (C=O) groups is 1. The lowest BCUT2D eigenvalue weighted by Gasteiger charge is -2.27. The van der Waals surface area contributed by atoms with E-state index in [1.807, 2.05) is 60.7 Å². The summed E-state index contributed by atoms with van der Waals surface area (Å²) < 4.78 is 5.13. The molecular weight excluding hydrogens is 262 g/mol. The summed E-state index contributed by atoms with van der Waals surface area (Å²) in [7, 11) is 0. The standard InChI is InChI=1S/C18H19NO2/c20-17(11-14-12-21-13-14)19-18(15-7-3-1-4-8-15)16-9-5-2-6-10-16/h1-10,14,18H,11-13H2,(H,19,20). The number of rotatable bonds is 5. The summed E-state index contributed by atoms with van der Waals surface area (Å²) in [4.78, 5) is 12.2. The predicted molar refractivity (Wildman–Crippen MR) is 81.8 cm³/mol. The van der Waals surface area contributed by atoms with E-state index in [1.54, 1.807) is 0 Å². The Morgan fingerprint density at radius 3 is 1.95 bits per heavy atom. The number of benzene rings is 2. The van der Waals surface area contributed by atoms with Gasteiger partial charge in [-0.2, -0.15) is 0 Å². The molecule has 3 nitrogen and oxygen atoms in total. The number of carbonyl (C=O) groups excluding carboxylic acids is 1. The van der Waals surface area contributed by atoms with E-state index in [2.05, 4.69) is 5.32 Å². The highest BCUT2D eigenvalue weighted by Crippen LogP contribution is 2.23. The predicted octanol–water partition coefficient (Wildman–Crippen LogP) is 2.93. The zero-order valence-corrected chi connectivity index (χ0v) is 11.9. The van der Waals surface area contributed by atoms with E-state index < -0.39 is 0 Å². The quantitative estimate of drug-likeness (QED) is 0.915. The average Bonchev–Trinajstić information content (AvgIpc) is 2.50. The molecule has 0 aromatic heterocycles. The molecule has 0 saturated carbocycles. The summed E-state index contributed by atoms with van der Waals surface area (Å²) in [6, 6.07) is 20.0. The van der Waals surface area contributed by atoms with Crippen LogP contribution in [-0.2, 0) is 9.53 Å². The van der Waals surface area contributed by atoms with Crippen LogP contribution in [0.15, 0.2) is 60.7 Å². The lowest BCUT2D eigenvalue weighted by atomic mass is 9.97. The van der Waals surface area contributed by atoms with Crippen LogP contribution in [-0.4, -0.2) is 19.1 Å². The fourth-order valence-electron chi connectivity index (χ4n) is 2.53. The lowest BCUT2D eigenvalue weighted by Crippen LogP contribution is -2.36. The van der Waals surface area contributed by atoms with E-state index in [9.17, 15) is 4.79 Å². The molecule has 0 aliphatic carbocycles. The maximum atomic E-state index is 12.2. The maximum Gasteiger partial charge on any atom is 0.221 e. The highest BCUT2D eigenvalue weighted by Gasteiger charge is 2.24. The van der Waals surface area contributed by atoms with Crippen LogP contribution in [0, 0.1) is 5.92 Å². The third-order valence-corrected chi connectivity index (χ3v) is 3.75. The molecule has 0 unspecified atom stereocenters. The van der Waals surface area contributed by atoms with Gasteiger partial charge >= 0.3 is 0 Å². The van der Waals surface area contributed by atoms with Gasteiger partial charge in [-0.05, 0) is 11.1 Å². The molecule has 108 valence electrons. The van der Waals surface area contributed by atoms with Crippen LogP contribution in [0.5, 0.6) is 0 Å². The molecule has 1 amide bonds. The van der Waals surface area contributed by atoms with Crippen molar-refractivity contribution in [3.8, 4) is 0 Å². The number of ether oxygens (including phenoxy) is 1. The molecule has 1 fully saturated rings. The van der Waals surface area contributed by atoms with Crippen LogP contribution in [0.25, 0.3) is 0 Å². The van der Waals surface area contributed by atoms with Gasteiger partial charge in [-0.25, -0.2) is 0 Å². The molecule has 0 bridgehead atoms. The van der Waals surface area contributed by atoms with Crippen LogP contribution in [0.3, 0.4) is 0 Å². The van der Waals surface area contributed by atoms with Gasteiger partial charge in [-0.1, -0.05) is 60.7 Å². The zero-order valence-electron chi connectivity index (χ0n) is 11.9. The summed E-state index contributed by atoms with van der Waals surface area (Å²) >= 11 is 0. The van der Waals surface area contributed by atoms with Crippen molar-refractivity contribution in [1.29, 1.82) is 0 Å². The normalized spacial score (nSPS) is 14.7. The minimum atomic E-state index is -0.0964. The van der Waals surface area contributed by atoms with E-state index in [1.165, 1.54) is 0 Å². The molecule has 1 N–H and O–H groups in total. The van der Waals surface area contributed by atoms with Crippen LogP contribution in [0.4, 0.5) is 0 Å². The van der Waals surface area contributed by atoms with Crippen LogP contribution in [0.1, 0.15) is 23.6 Å². The summed E-state index contributed by atoms with van der Waals surface area (Å²) in [6.07, 6.45) is 0.538. The van der Waals surface area contributed by atoms with E-state index in [4.69, 9.17) is 4.74 Å². The number of amides is 1. The third-order valence-electron chi connectivity index (χ3n) is 3.75. The van der Waals surface area contributed by atoms with Crippen molar-refractivity contribution in [2.24, 2.45) is 5.92 Å². The second kappa shape index (κ2) is 6.55. The van der Waals surface area contributed by atoms with Gasteiger partial charge in [0.2, 0.25) is 5.91 Å². The van der Waals surface area contributed by atoms with Gasteiger partial charge in [0.15, 0.2) is 0 Å². The summed E-state index contributed by atoms with van der Waals surface area (Å²) in [5, 5.41) is 3.15. The van der Waals surface area contributed by atoms with Gasteiger partial charge in [-0.3, -0.25) is 4.79 Å². The Morgan fingerprint density at radius 1 is 1.00 bits per heavy atom. The molecule has 0 spiro atoms. The average molecular weight is 281 g/mol. The van der Waals surface area contributed by atoms with Crippen molar-refractivity contribution >= 4 is 5.91 Å². The van der Waals surface area contributed by atoms with E-state index in [0.717, 1.165) is 11.1 Å². The largest absolute Gasteiger partial charge is 0.381 e. The Hall–Kier alpha value is -2.13. The Kier molecular flexibility index (Phi) is 4.31. The van der Waals surface area contributed by atoms with Crippen molar-refractivity contribution in [1.82, 2.24) is 5.32 Å².